The summed E-state index contributed by atoms with van der Waals surface area (Å²) in [5, 5.41) is 4.15. The molecule has 0 saturated heterocycles. The van der Waals surface area contributed by atoms with E-state index in [1.165, 1.54) is 0 Å². The summed E-state index contributed by atoms with van der Waals surface area (Å²) in [6, 6.07) is 0. The fourth-order valence-electron chi connectivity index (χ4n) is 1.63. The van der Waals surface area contributed by atoms with Gasteiger partial charge in [-0.1, -0.05) is 6.42 Å². The van der Waals surface area contributed by atoms with Gasteiger partial charge in [0.1, 0.15) is 5.78 Å². The minimum Gasteiger partial charge on any atom is -0.330 e. The molecule has 0 aliphatic rings. The van der Waals surface area contributed by atoms with Gasteiger partial charge in [0, 0.05) is 25.6 Å². The average Bonchev–Trinajstić information content (AvgIpc) is 2.72. The van der Waals surface area contributed by atoms with Crippen molar-refractivity contribution < 1.29 is 4.79 Å². The van der Waals surface area contributed by atoms with Gasteiger partial charge < -0.3 is 5.73 Å². The number of carbonyl (C=O) groups excluding carboxylic acids is 1. The molecule has 1 aromatic heterocycles. The zero-order valence-electron chi connectivity index (χ0n) is 9.98. The van der Waals surface area contributed by atoms with Crippen molar-refractivity contribution in [1.82, 2.24) is 9.78 Å². The molecule has 1 aromatic rings. The van der Waals surface area contributed by atoms with Gasteiger partial charge in [0.2, 0.25) is 0 Å². The van der Waals surface area contributed by atoms with Crippen LogP contribution in [0.2, 0.25) is 0 Å². The standard InChI is InChI=1S/C12H21N3O/c1-2-15-10-11(9-14-15)8-12(16)6-4-3-5-7-13/h9-10H,2-8,13H2,1H3. The molecule has 0 bridgehead atoms. The SMILES string of the molecule is CCn1cc(CC(=O)CCCCCN)cn1. The summed E-state index contributed by atoms with van der Waals surface area (Å²) in [6.45, 7) is 3.60. The van der Waals surface area contributed by atoms with Crippen molar-refractivity contribution in [1.29, 1.82) is 0 Å². The Bertz CT molecular complexity index is 320. The number of hydrogen-bond acceptors (Lipinski definition) is 3. The summed E-state index contributed by atoms with van der Waals surface area (Å²) in [4.78, 5) is 11.6. The van der Waals surface area contributed by atoms with E-state index in [-0.39, 0.29) is 0 Å². The van der Waals surface area contributed by atoms with Gasteiger partial charge in [-0.2, -0.15) is 5.10 Å². The molecule has 0 fully saturated rings. The second-order valence-electron chi connectivity index (χ2n) is 4.02. The van der Waals surface area contributed by atoms with Crippen molar-refractivity contribution in [2.75, 3.05) is 6.54 Å². The lowest BCUT2D eigenvalue weighted by molar-refractivity contribution is -0.118. The largest absolute Gasteiger partial charge is 0.330 e. The zero-order valence-corrected chi connectivity index (χ0v) is 9.98. The van der Waals surface area contributed by atoms with E-state index in [0.29, 0.717) is 18.6 Å². The van der Waals surface area contributed by atoms with E-state index in [9.17, 15) is 4.79 Å². The van der Waals surface area contributed by atoms with Gasteiger partial charge in [0.15, 0.2) is 0 Å². The Kier molecular flexibility index (Phi) is 5.78. The highest BCUT2D eigenvalue weighted by atomic mass is 16.1. The molecule has 0 amide bonds. The van der Waals surface area contributed by atoms with Crippen LogP contribution in [0.4, 0.5) is 0 Å². The maximum atomic E-state index is 11.6. The molecular weight excluding hydrogens is 202 g/mol. The molecule has 0 atom stereocenters. The predicted molar refractivity (Wildman–Crippen MR) is 64.1 cm³/mol. The van der Waals surface area contributed by atoms with Crippen molar-refractivity contribution in [2.45, 2.75) is 45.6 Å². The Morgan fingerprint density at radius 2 is 2.25 bits per heavy atom. The van der Waals surface area contributed by atoms with Crippen LogP contribution in [-0.4, -0.2) is 22.1 Å². The number of rotatable bonds is 8. The zero-order chi connectivity index (χ0) is 11.8. The Balaban J connectivity index is 2.23. The first-order chi connectivity index (χ1) is 7.76. The van der Waals surface area contributed by atoms with Crippen LogP contribution < -0.4 is 5.73 Å². The minimum atomic E-state index is 0.299. The molecule has 0 spiro atoms. The summed E-state index contributed by atoms with van der Waals surface area (Å²) >= 11 is 0. The van der Waals surface area contributed by atoms with Gasteiger partial charge in [-0.3, -0.25) is 9.48 Å². The van der Waals surface area contributed by atoms with Crippen molar-refractivity contribution in [2.24, 2.45) is 5.73 Å². The average molecular weight is 223 g/mol. The highest BCUT2D eigenvalue weighted by Gasteiger charge is 2.05. The first-order valence-electron chi connectivity index (χ1n) is 5.99. The number of nitrogens with zero attached hydrogens (tertiary/aromatic N) is 2. The third-order valence-corrected chi connectivity index (χ3v) is 2.57. The van der Waals surface area contributed by atoms with Gasteiger partial charge in [-0.05, 0) is 31.9 Å². The first kappa shape index (κ1) is 12.9. The molecule has 90 valence electrons. The molecule has 2 N–H and O–H groups in total. The van der Waals surface area contributed by atoms with Gasteiger partial charge in [-0.15, -0.1) is 0 Å². The number of nitrogens with two attached hydrogens (primary N) is 1. The topological polar surface area (TPSA) is 60.9 Å². The van der Waals surface area contributed by atoms with Crippen molar-refractivity contribution in [3.8, 4) is 0 Å². The molecule has 0 saturated carbocycles. The molecule has 4 nitrogen and oxygen atoms in total. The summed E-state index contributed by atoms with van der Waals surface area (Å²) in [5.41, 5.74) is 6.41. The first-order valence-corrected chi connectivity index (χ1v) is 5.99. The van der Waals surface area contributed by atoms with Crippen LogP contribution in [0.1, 0.15) is 38.2 Å². The van der Waals surface area contributed by atoms with E-state index in [2.05, 4.69) is 5.10 Å². The molecule has 4 heteroatoms. The smallest absolute Gasteiger partial charge is 0.137 e. The molecule has 1 rings (SSSR count). The van der Waals surface area contributed by atoms with Crippen LogP contribution in [0.3, 0.4) is 0 Å². The number of hydrogen-bond donors (Lipinski definition) is 1. The number of aromatic nitrogens is 2. The van der Waals surface area contributed by atoms with Crippen LogP contribution in [-0.2, 0) is 17.8 Å². The predicted octanol–water partition coefficient (Wildman–Crippen LogP) is 1.53. The Morgan fingerprint density at radius 3 is 2.88 bits per heavy atom. The van der Waals surface area contributed by atoms with Gasteiger partial charge >= 0.3 is 0 Å². The number of carbonyl (C=O) groups is 1. The third kappa shape index (κ3) is 4.57. The summed E-state index contributed by atoms with van der Waals surface area (Å²) in [7, 11) is 0. The minimum absolute atomic E-state index is 0.299. The van der Waals surface area contributed by atoms with Crippen LogP contribution >= 0.6 is 0 Å². The highest BCUT2D eigenvalue weighted by Crippen LogP contribution is 2.05. The molecule has 1 heterocycles. The molecule has 0 unspecified atom stereocenters. The van der Waals surface area contributed by atoms with Crippen LogP contribution in [0, 0.1) is 0 Å². The summed E-state index contributed by atoms with van der Waals surface area (Å²) < 4.78 is 1.84. The number of ketones is 1. The normalized spacial score (nSPS) is 10.6. The van der Waals surface area contributed by atoms with Gasteiger partial charge in [0.25, 0.3) is 0 Å². The van der Waals surface area contributed by atoms with Gasteiger partial charge in [0.05, 0.1) is 6.20 Å². The lowest BCUT2D eigenvalue weighted by Gasteiger charge is -1.99. The fourth-order valence-corrected chi connectivity index (χ4v) is 1.63. The summed E-state index contributed by atoms with van der Waals surface area (Å²) in [6.07, 6.45) is 7.93. The third-order valence-electron chi connectivity index (χ3n) is 2.57. The van der Waals surface area contributed by atoms with Crippen molar-refractivity contribution in [3.05, 3.63) is 18.0 Å². The summed E-state index contributed by atoms with van der Waals surface area (Å²) in [5.74, 6) is 0.299. The van der Waals surface area contributed by atoms with Crippen LogP contribution in [0.15, 0.2) is 12.4 Å². The quantitative estimate of drug-likeness (QED) is 0.680. The number of unbranched alkanes of at least 4 members (excludes halogenated alkanes) is 2. The van der Waals surface area contributed by atoms with E-state index >= 15 is 0 Å². The van der Waals surface area contributed by atoms with Crippen molar-refractivity contribution >= 4 is 5.78 Å². The van der Waals surface area contributed by atoms with E-state index in [1.807, 2.05) is 17.8 Å². The molecule has 0 radical (unpaired) electrons. The Morgan fingerprint density at radius 1 is 1.44 bits per heavy atom. The second kappa shape index (κ2) is 7.17. The Labute approximate surface area is 96.8 Å². The number of Topliss-reactive ketones (excluding diaryl/α,β-unsaturated/α-hetero) is 1. The van der Waals surface area contributed by atoms with E-state index in [0.717, 1.165) is 37.9 Å². The molecule has 0 aromatic carbocycles. The molecule has 0 aliphatic carbocycles. The molecular formula is C12H21N3O. The monoisotopic (exact) mass is 223 g/mol. The van der Waals surface area contributed by atoms with E-state index < -0.39 is 0 Å². The van der Waals surface area contributed by atoms with Crippen LogP contribution in [0.25, 0.3) is 0 Å². The lowest BCUT2D eigenvalue weighted by Crippen LogP contribution is -2.03. The van der Waals surface area contributed by atoms with E-state index in [1.54, 1.807) is 6.20 Å². The van der Waals surface area contributed by atoms with Gasteiger partial charge in [-0.25, -0.2) is 0 Å². The maximum absolute atomic E-state index is 11.6. The van der Waals surface area contributed by atoms with Crippen molar-refractivity contribution in [3.63, 3.8) is 0 Å². The second-order valence-corrected chi connectivity index (χ2v) is 4.02. The fraction of sp³-hybridized carbons (Fsp3) is 0.667. The lowest BCUT2D eigenvalue weighted by atomic mass is 10.1. The molecule has 0 aliphatic heterocycles. The van der Waals surface area contributed by atoms with Crippen LogP contribution in [0.5, 0.6) is 0 Å². The van der Waals surface area contributed by atoms with E-state index in [4.69, 9.17) is 5.73 Å². The highest BCUT2D eigenvalue weighted by molar-refractivity contribution is 5.80. The number of aryl methyl sites for hydroxylation is 1. The Hall–Kier alpha value is -1.16. The molecule has 16 heavy (non-hydrogen) atoms. The maximum Gasteiger partial charge on any atom is 0.137 e.